The largest absolute Gasteiger partial charge is 0.322 e. The maximum atomic E-state index is 13.3. The van der Waals surface area contributed by atoms with E-state index in [1.807, 2.05) is 12.1 Å². The minimum absolute atomic E-state index is 0.000485. The molecule has 30 heavy (non-hydrogen) atoms. The third-order valence-electron chi connectivity index (χ3n) is 3.99. The van der Waals surface area contributed by atoms with Crippen molar-refractivity contribution in [1.29, 1.82) is 0 Å². The fraction of sp³-hybridized carbons (Fsp3) is 0.136. The monoisotopic (exact) mass is 444 g/mol. The van der Waals surface area contributed by atoms with Crippen molar-refractivity contribution < 1.29 is 17.6 Å². The van der Waals surface area contributed by atoms with Gasteiger partial charge in [0.05, 0.1) is 16.1 Å². The van der Waals surface area contributed by atoms with Crippen LogP contribution in [0, 0.1) is 5.82 Å². The third-order valence-corrected chi connectivity index (χ3v) is 6.47. The van der Waals surface area contributed by atoms with Crippen molar-refractivity contribution in [2.24, 2.45) is 0 Å². The average Bonchev–Trinajstić information content (AvgIpc) is 2.68. The summed E-state index contributed by atoms with van der Waals surface area (Å²) in [4.78, 5) is 13.6. The molecule has 0 spiro atoms. The lowest BCUT2D eigenvalue weighted by Gasteiger charge is -2.12. The molecule has 0 aliphatic heterocycles. The molecule has 0 heterocycles. The van der Waals surface area contributed by atoms with Gasteiger partial charge in [-0.2, -0.15) is 0 Å². The van der Waals surface area contributed by atoms with Gasteiger partial charge in [0.1, 0.15) is 5.82 Å². The topological polar surface area (TPSA) is 75.3 Å². The molecule has 0 saturated heterocycles. The Hall–Kier alpha value is -2.84. The van der Waals surface area contributed by atoms with Crippen molar-refractivity contribution >= 4 is 39.1 Å². The van der Waals surface area contributed by atoms with Gasteiger partial charge in [0, 0.05) is 15.8 Å². The van der Waals surface area contributed by atoms with Gasteiger partial charge in [-0.15, -0.1) is 11.8 Å². The van der Waals surface area contributed by atoms with E-state index in [4.69, 9.17) is 0 Å². The van der Waals surface area contributed by atoms with Crippen molar-refractivity contribution in [3.63, 3.8) is 0 Å². The zero-order valence-electron chi connectivity index (χ0n) is 16.4. The number of hydrogen-bond acceptors (Lipinski definition) is 4. The summed E-state index contributed by atoms with van der Waals surface area (Å²) in [6.07, 6.45) is 0. The number of amides is 1. The van der Waals surface area contributed by atoms with Crippen molar-refractivity contribution in [3.8, 4) is 0 Å². The van der Waals surface area contributed by atoms with Crippen molar-refractivity contribution in [2.75, 3.05) is 10.0 Å². The molecule has 0 unspecified atom stereocenters. The number of sulfonamides is 1. The van der Waals surface area contributed by atoms with Crippen molar-refractivity contribution in [3.05, 3.63) is 84.2 Å². The fourth-order valence-electron chi connectivity index (χ4n) is 2.69. The molecule has 3 aromatic rings. The molecular weight excluding hydrogens is 423 g/mol. The predicted octanol–water partition coefficient (Wildman–Crippen LogP) is 5.38. The first-order valence-corrected chi connectivity index (χ1v) is 11.6. The summed E-state index contributed by atoms with van der Waals surface area (Å²) in [6.45, 7) is 4.10. The number of carbonyl (C=O) groups is 1. The lowest BCUT2D eigenvalue weighted by molar-refractivity contribution is 0.102. The lowest BCUT2D eigenvalue weighted by atomic mass is 10.2. The molecule has 0 aromatic heterocycles. The van der Waals surface area contributed by atoms with Gasteiger partial charge >= 0.3 is 0 Å². The Bertz CT molecular complexity index is 1150. The van der Waals surface area contributed by atoms with Crippen LogP contribution in [0.15, 0.2) is 82.6 Å². The SMILES string of the molecule is CC(C)Sc1ccccc1C(=O)Nc1ccc(S(=O)(=O)Nc2cccc(F)c2)cc1. The Morgan fingerprint density at radius 1 is 0.933 bits per heavy atom. The Kier molecular flexibility index (Phi) is 6.79. The van der Waals surface area contributed by atoms with Gasteiger partial charge in [-0.25, -0.2) is 12.8 Å². The van der Waals surface area contributed by atoms with Crippen LogP contribution in [0.4, 0.5) is 15.8 Å². The Morgan fingerprint density at radius 3 is 2.30 bits per heavy atom. The highest BCUT2D eigenvalue weighted by Gasteiger charge is 2.16. The summed E-state index contributed by atoms with van der Waals surface area (Å²) in [5.74, 6) is -0.809. The highest BCUT2D eigenvalue weighted by atomic mass is 32.2. The molecule has 0 atom stereocenters. The van der Waals surface area contributed by atoms with Gasteiger partial charge in [0.2, 0.25) is 0 Å². The molecule has 0 aliphatic carbocycles. The number of thioether (sulfide) groups is 1. The van der Waals surface area contributed by atoms with E-state index in [0.29, 0.717) is 16.5 Å². The van der Waals surface area contributed by atoms with E-state index in [1.165, 1.54) is 42.5 Å². The molecule has 2 N–H and O–H groups in total. The smallest absolute Gasteiger partial charge is 0.261 e. The maximum absolute atomic E-state index is 13.3. The number of rotatable bonds is 7. The molecular formula is C22H21FN2O3S2. The zero-order valence-corrected chi connectivity index (χ0v) is 18.1. The Balaban J connectivity index is 1.74. The standard InChI is InChI=1S/C22H21FN2O3S2/c1-15(2)29-21-9-4-3-8-20(21)22(26)24-17-10-12-19(13-11-17)30(27,28)25-18-7-5-6-16(23)14-18/h3-15,25H,1-2H3,(H,24,26). The predicted molar refractivity (Wildman–Crippen MR) is 119 cm³/mol. The van der Waals surface area contributed by atoms with Crippen LogP contribution >= 0.6 is 11.8 Å². The minimum Gasteiger partial charge on any atom is -0.322 e. The molecule has 0 aliphatic rings. The molecule has 0 bridgehead atoms. The number of nitrogens with one attached hydrogen (secondary N) is 2. The van der Waals surface area contributed by atoms with Gasteiger partial charge in [0.15, 0.2) is 0 Å². The summed E-state index contributed by atoms with van der Waals surface area (Å²) in [5, 5.41) is 3.12. The van der Waals surface area contributed by atoms with E-state index in [1.54, 1.807) is 23.9 Å². The molecule has 0 saturated carbocycles. The van der Waals surface area contributed by atoms with Crippen LogP contribution in [0.5, 0.6) is 0 Å². The second-order valence-corrected chi connectivity index (χ2v) is 10.1. The molecule has 1 amide bonds. The highest BCUT2D eigenvalue weighted by Crippen LogP contribution is 2.27. The van der Waals surface area contributed by atoms with Crippen molar-refractivity contribution in [1.82, 2.24) is 0 Å². The molecule has 3 aromatic carbocycles. The van der Waals surface area contributed by atoms with Crippen LogP contribution in [-0.2, 0) is 10.0 Å². The summed E-state index contributed by atoms with van der Waals surface area (Å²) >= 11 is 1.60. The summed E-state index contributed by atoms with van der Waals surface area (Å²) in [6, 6.07) is 18.3. The number of anilines is 2. The van der Waals surface area contributed by atoms with E-state index < -0.39 is 15.8 Å². The quantitative estimate of drug-likeness (QED) is 0.480. The number of hydrogen-bond donors (Lipinski definition) is 2. The normalized spacial score (nSPS) is 11.3. The van der Waals surface area contributed by atoms with Crippen LogP contribution in [0.3, 0.4) is 0 Å². The molecule has 156 valence electrons. The lowest BCUT2D eigenvalue weighted by Crippen LogP contribution is -2.15. The first-order chi connectivity index (χ1) is 14.2. The highest BCUT2D eigenvalue weighted by molar-refractivity contribution is 8.00. The number of carbonyl (C=O) groups excluding carboxylic acids is 1. The molecule has 0 radical (unpaired) electrons. The second-order valence-electron chi connectivity index (χ2n) is 6.76. The van der Waals surface area contributed by atoms with Gasteiger partial charge < -0.3 is 5.32 Å². The summed E-state index contributed by atoms with van der Waals surface area (Å²) in [7, 11) is -3.88. The van der Waals surface area contributed by atoms with Crippen LogP contribution in [-0.4, -0.2) is 19.6 Å². The Morgan fingerprint density at radius 2 is 1.63 bits per heavy atom. The van der Waals surface area contributed by atoms with Gasteiger partial charge in [-0.1, -0.05) is 32.0 Å². The number of benzene rings is 3. The maximum Gasteiger partial charge on any atom is 0.261 e. The van der Waals surface area contributed by atoms with Crippen LogP contribution in [0.1, 0.15) is 24.2 Å². The van der Waals surface area contributed by atoms with Gasteiger partial charge in [0.25, 0.3) is 15.9 Å². The molecule has 3 rings (SSSR count). The fourth-order valence-corrected chi connectivity index (χ4v) is 4.70. The number of halogens is 1. The average molecular weight is 445 g/mol. The molecule has 8 heteroatoms. The third kappa shape index (κ3) is 5.61. The first kappa shape index (κ1) is 21.9. The van der Waals surface area contributed by atoms with Crippen molar-refractivity contribution in [2.45, 2.75) is 28.9 Å². The van der Waals surface area contributed by atoms with E-state index in [2.05, 4.69) is 23.9 Å². The van der Waals surface area contributed by atoms with E-state index in [0.717, 1.165) is 11.0 Å². The van der Waals surface area contributed by atoms with E-state index in [-0.39, 0.29) is 16.5 Å². The molecule has 0 fully saturated rings. The summed E-state index contributed by atoms with van der Waals surface area (Å²) in [5.41, 5.74) is 1.15. The minimum atomic E-state index is -3.88. The zero-order chi connectivity index (χ0) is 21.7. The van der Waals surface area contributed by atoms with Gasteiger partial charge in [-0.05, 0) is 54.6 Å². The van der Waals surface area contributed by atoms with Gasteiger partial charge in [-0.3, -0.25) is 9.52 Å². The Labute approximate surface area is 179 Å². The van der Waals surface area contributed by atoms with Crippen LogP contribution < -0.4 is 10.0 Å². The van der Waals surface area contributed by atoms with Crippen LogP contribution in [0.2, 0.25) is 0 Å². The molecule has 5 nitrogen and oxygen atoms in total. The first-order valence-electron chi connectivity index (χ1n) is 9.20. The summed E-state index contributed by atoms with van der Waals surface area (Å²) < 4.78 is 40.6. The van der Waals surface area contributed by atoms with Crippen LogP contribution in [0.25, 0.3) is 0 Å². The second kappa shape index (κ2) is 9.32. The van der Waals surface area contributed by atoms with E-state index in [9.17, 15) is 17.6 Å². The van der Waals surface area contributed by atoms with E-state index >= 15 is 0 Å².